The fraction of sp³-hybridized carbons (Fsp3) is 0.636. The van der Waals surface area contributed by atoms with Crippen molar-refractivity contribution < 1.29 is 0 Å². The Morgan fingerprint density at radius 3 is 2.81 bits per heavy atom. The lowest BCUT2D eigenvalue weighted by atomic mass is 10.2. The van der Waals surface area contributed by atoms with Crippen molar-refractivity contribution in [2.45, 2.75) is 20.4 Å². The van der Waals surface area contributed by atoms with Crippen molar-refractivity contribution in [2.24, 2.45) is 5.92 Å². The van der Waals surface area contributed by atoms with Crippen LogP contribution in [0.4, 0.5) is 5.82 Å². The van der Waals surface area contributed by atoms with Crippen molar-refractivity contribution in [3.63, 3.8) is 0 Å². The molecule has 0 spiro atoms. The van der Waals surface area contributed by atoms with Gasteiger partial charge in [0.2, 0.25) is 0 Å². The van der Waals surface area contributed by atoms with Crippen LogP contribution in [0.15, 0.2) is 17.2 Å². The highest BCUT2D eigenvalue weighted by Crippen LogP contribution is 2.03. The van der Waals surface area contributed by atoms with E-state index >= 15 is 0 Å². The van der Waals surface area contributed by atoms with Crippen LogP contribution in [0.2, 0.25) is 0 Å². The summed E-state index contributed by atoms with van der Waals surface area (Å²) in [7, 11) is 1.88. The molecular weight excluding hydrogens is 270 g/mol. The van der Waals surface area contributed by atoms with Crippen LogP contribution in [0, 0.1) is 5.92 Å². The Kier molecular flexibility index (Phi) is 4.99. The zero-order valence-electron chi connectivity index (χ0n) is 9.98. The van der Waals surface area contributed by atoms with Crippen molar-refractivity contribution in [2.75, 3.05) is 23.8 Å². The average Bonchev–Trinajstić information content (AvgIpc) is 2.21. The number of hydrogen-bond donors (Lipinski definition) is 0. The lowest BCUT2D eigenvalue weighted by Gasteiger charge is -2.17. The second-order valence-corrected chi connectivity index (χ2v) is 5.01. The van der Waals surface area contributed by atoms with E-state index in [0.717, 1.165) is 18.4 Å². The lowest BCUT2D eigenvalue weighted by molar-refractivity contribution is 0.508. The topological polar surface area (TPSA) is 38.1 Å². The van der Waals surface area contributed by atoms with E-state index in [-0.39, 0.29) is 5.56 Å². The normalized spacial score (nSPS) is 10.8. The summed E-state index contributed by atoms with van der Waals surface area (Å²) in [4.78, 5) is 18.1. The van der Waals surface area contributed by atoms with Gasteiger partial charge in [0.1, 0.15) is 0 Å². The Bertz CT molecular complexity index is 389. The molecule has 90 valence electrons. The SMILES string of the molecule is CC(C)Cn1ccnc(N(C)CCBr)c1=O. The maximum Gasteiger partial charge on any atom is 0.293 e. The van der Waals surface area contributed by atoms with E-state index in [1.54, 1.807) is 17.0 Å². The monoisotopic (exact) mass is 287 g/mol. The number of aromatic nitrogens is 2. The molecule has 4 nitrogen and oxygen atoms in total. The molecule has 0 amide bonds. The zero-order valence-corrected chi connectivity index (χ0v) is 11.6. The molecule has 0 N–H and O–H groups in total. The van der Waals surface area contributed by atoms with E-state index in [9.17, 15) is 4.79 Å². The molecule has 5 heteroatoms. The van der Waals surface area contributed by atoms with E-state index in [0.29, 0.717) is 11.7 Å². The molecule has 0 bridgehead atoms. The van der Waals surface area contributed by atoms with E-state index < -0.39 is 0 Å². The largest absolute Gasteiger partial charge is 0.354 e. The van der Waals surface area contributed by atoms with Gasteiger partial charge in [-0.3, -0.25) is 4.79 Å². The Balaban J connectivity index is 2.99. The van der Waals surface area contributed by atoms with Crippen LogP contribution in [-0.2, 0) is 6.54 Å². The number of hydrogen-bond acceptors (Lipinski definition) is 3. The standard InChI is InChI=1S/C11H18BrN3O/c1-9(2)8-15-7-5-13-10(11(15)16)14(3)6-4-12/h5,7,9H,4,6,8H2,1-3H3. The minimum atomic E-state index is -0.0142. The number of anilines is 1. The van der Waals surface area contributed by atoms with Gasteiger partial charge in [0.25, 0.3) is 5.56 Å². The number of alkyl halides is 1. The molecule has 0 radical (unpaired) electrons. The van der Waals surface area contributed by atoms with Crippen LogP contribution in [-0.4, -0.2) is 28.5 Å². The minimum absolute atomic E-state index is 0.0142. The second kappa shape index (κ2) is 6.03. The van der Waals surface area contributed by atoms with E-state index in [2.05, 4.69) is 34.8 Å². The summed E-state index contributed by atoms with van der Waals surface area (Å²) in [5.41, 5.74) is -0.0142. The first-order valence-corrected chi connectivity index (χ1v) is 6.51. The first-order chi connectivity index (χ1) is 7.56. The van der Waals surface area contributed by atoms with Gasteiger partial charge in [0.15, 0.2) is 5.82 Å². The summed E-state index contributed by atoms with van der Waals surface area (Å²) < 4.78 is 1.72. The van der Waals surface area contributed by atoms with Crippen molar-refractivity contribution in [3.8, 4) is 0 Å². The summed E-state index contributed by atoms with van der Waals surface area (Å²) in [5, 5.41) is 0.823. The number of halogens is 1. The minimum Gasteiger partial charge on any atom is -0.354 e. The quantitative estimate of drug-likeness (QED) is 0.774. The third kappa shape index (κ3) is 3.33. The number of rotatable bonds is 5. The van der Waals surface area contributed by atoms with E-state index in [4.69, 9.17) is 0 Å². The fourth-order valence-electron chi connectivity index (χ4n) is 1.47. The van der Waals surface area contributed by atoms with Gasteiger partial charge in [0, 0.05) is 37.9 Å². The van der Waals surface area contributed by atoms with Crippen molar-refractivity contribution in [1.29, 1.82) is 0 Å². The van der Waals surface area contributed by atoms with E-state index in [1.165, 1.54) is 0 Å². The van der Waals surface area contributed by atoms with Gasteiger partial charge in [0.05, 0.1) is 0 Å². The molecule has 0 fully saturated rings. The van der Waals surface area contributed by atoms with Crippen LogP contribution >= 0.6 is 15.9 Å². The van der Waals surface area contributed by atoms with Gasteiger partial charge in [-0.15, -0.1) is 0 Å². The molecule has 1 aromatic rings. The van der Waals surface area contributed by atoms with Crippen LogP contribution in [0.3, 0.4) is 0 Å². The molecule has 0 aromatic carbocycles. The highest BCUT2D eigenvalue weighted by atomic mass is 79.9. The zero-order chi connectivity index (χ0) is 12.1. The molecule has 0 saturated carbocycles. The Morgan fingerprint density at radius 2 is 2.25 bits per heavy atom. The smallest absolute Gasteiger partial charge is 0.293 e. The number of nitrogens with zero attached hydrogens (tertiary/aromatic N) is 3. The highest BCUT2D eigenvalue weighted by molar-refractivity contribution is 9.09. The third-order valence-corrected chi connectivity index (χ3v) is 2.59. The van der Waals surface area contributed by atoms with Gasteiger partial charge in [-0.1, -0.05) is 29.8 Å². The molecule has 0 atom stereocenters. The fourth-order valence-corrected chi connectivity index (χ4v) is 2.00. The van der Waals surface area contributed by atoms with Gasteiger partial charge < -0.3 is 9.47 Å². The summed E-state index contributed by atoms with van der Waals surface area (Å²) in [6.45, 7) is 5.69. The van der Waals surface area contributed by atoms with Crippen molar-refractivity contribution in [3.05, 3.63) is 22.7 Å². The highest BCUT2D eigenvalue weighted by Gasteiger charge is 2.09. The summed E-state index contributed by atoms with van der Waals surface area (Å²) >= 11 is 3.35. The summed E-state index contributed by atoms with van der Waals surface area (Å²) in [5.74, 6) is 0.969. The Morgan fingerprint density at radius 1 is 1.56 bits per heavy atom. The van der Waals surface area contributed by atoms with Crippen molar-refractivity contribution >= 4 is 21.7 Å². The van der Waals surface area contributed by atoms with Crippen LogP contribution in [0.25, 0.3) is 0 Å². The first-order valence-electron chi connectivity index (χ1n) is 5.38. The molecule has 1 rings (SSSR count). The van der Waals surface area contributed by atoms with Crippen molar-refractivity contribution in [1.82, 2.24) is 9.55 Å². The van der Waals surface area contributed by atoms with Crippen LogP contribution in [0.5, 0.6) is 0 Å². The average molecular weight is 288 g/mol. The molecule has 0 aliphatic heterocycles. The lowest BCUT2D eigenvalue weighted by Crippen LogP contribution is -2.32. The summed E-state index contributed by atoms with van der Waals surface area (Å²) in [6.07, 6.45) is 3.43. The Labute approximate surface area is 104 Å². The van der Waals surface area contributed by atoms with E-state index in [1.807, 2.05) is 11.9 Å². The predicted octanol–water partition coefficient (Wildman–Crippen LogP) is 1.73. The Hall–Kier alpha value is -0.840. The third-order valence-electron chi connectivity index (χ3n) is 2.24. The molecule has 0 saturated heterocycles. The maximum atomic E-state index is 12.1. The molecule has 1 heterocycles. The van der Waals surface area contributed by atoms with Gasteiger partial charge >= 0.3 is 0 Å². The van der Waals surface area contributed by atoms with Crippen LogP contribution in [0.1, 0.15) is 13.8 Å². The van der Waals surface area contributed by atoms with Gasteiger partial charge in [-0.25, -0.2) is 4.98 Å². The molecule has 1 aromatic heterocycles. The van der Waals surface area contributed by atoms with Gasteiger partial charge in [-0.2, -0.15) is 0 Å². The molecular formula is C11H18BrN3O. The van der Waals surface area contributed by atoms with Crippen LogP contribution < -0.4 is 10.5 Å². The first kappa shape index (κ1) is 13.2. The molecule has 0 aliphatic rings. The molecule has 0 unspecified atom stereocenters. The maximum absolute atomic E-state index is 12.1. The molecule has 16 heavy (non-hydrogen) atoms. The second-order valence-electron chi connectivity index (χ2n) is 4.21. The predicted molar refractivity (Wildman–Crippen MR) is 70.4 cm³/mol. The summed E-state index contributed by atoms with van der Waals surface area (Å²) in [6, 6.07) is 0. The molecule has 0 aliphatic carbocycles. The van der Waals surface area contributed by atoms with Gasteiger partial charge in [-0.05, 0) is 5.92 Å².